The maximum Gasteiger partial charge on any atom is 0.262 e. The summed E-state index contributed by atoms with van der Waals surface area (Å²) in [5.41, 5.74) is 2.44. The Bertz CT molecular complexity index is 1090. The molecule has 2 amide bonds. The van der Waals surface area contributed by atoms with Crippen LogP contribution in [0.1, 0.15) is 34.1 Å². The number of aryl methyl sites for hydroxylation is 1. The zero-order chi connectivity index (χ0) is 21.3. The third-order valence-electron chi connectivity index (χ3n) is 5.22. The predicted molar refractivity (Wildman–Crippen MR) is 117 cm³/mol. The lowest BCUT2D eigenvalue weighted by Gasteiger charge is -2.18. The summed E-state index contributed by atoms with van der Waals surface area (Å²) in [4.78, 5) is 36.8. The Morgan fingerprint density at radius 2 is 2.00 bits per heavy atom. The van der Waals surface area contributed by atoms with E-state index in [1.807, 2.05) is 0 Å². The molecule has 0 radical (unpaired) electrons. The first kappa shape index (κ1) is 20.3. The SMILES string of the molecule is C[C@H]1CCc2c(sc3ncnc(OCC(=O)Nc4ccc(C(=O)N(C)C)cc4)c23)C1. The van der Waals surface area contributed by atoms with Crippen molar-refractivity contribution >= 4 is 39.1 Å². The van der Waals surface area contributed by atoms with E-state index in [2.05, 4.69) is 22.2 Å². The summed E-state index contributed by atoms with van der Waals surface area (Å²) in [6.07, 6.45) is 4.68. The molecular weight excluding hydrogens is 400 g/mol. The van der Waals surface area contributed by atoms with Crippen molar-refractivity contribution in [3.63, 3.8) is 0 Å². The van der Waals surface area contributed by atoms with Crippen molar-refractivity contribution in [2.45, 2.75) is 26.2 Å². The molecule has 8 heteroatoms. The van der Waals surface area contributed by atoms with E-state index in [0.29, 0.717) is 23.0 Å². The Kier molecular flexibility index (Phi) is 5.67. The first-order valence-corrected chi connectivity index (χ1v) is 10.7. The van der Waals surface area contributed by atoms with E-state index in [9.17, 15) is 9.59 Å². The smallest absolute Gasteiger partial charge is 0.262 e. The minimum atomic E-state index is -0.286. The van der Waals surface area contributed by atoms with Gasteiger partial charge in [-0.2, -0.15) is 0 Å². The van der Waals surface area contributed by atoms with Crippen LogP contribution in [-0.2, 0) is 17.6 Å². The number of aromatic nitrogens is 2. The number of benzene rings is 1. The minimum absolute atomic E-state index is 0.0857. The van der Waals surface area contributed by atoms with Crippen LogP contribution < -0.4 is 10.1 Å². The van der Waals surface area contributed by atoms with Gasteiger partial charge in [-0.15, -0.1) is 11.3 Å². The number of thiophene rings is 1. The van der Waals surface area contributed by atoms with Gasteiger partial charge in [-0.25, -0.2) is 9.97 Å². The standard InChI is InChI=1S/C22H24N4O3S/c1-13-4-9-16-17(10-13)30-21-19(16)20(23-12-24-21)29-11-18(27)25-15-7-5-14(6-8-15)22(28)26(2)3/h5-8,12-13H,4,9-11H2,1-3H3,(H,25,27)/t13-/m0/s1. The maximum absolute atomic E-state index is 12.4. The van der Waals surface area contributed by atoms with Crippen molar-refractivity contribution in [3.8, 4) is 5.88 Å². The summed E-state index contributed by atoms with van der Waals surface area (Å²) in [7, 11) is 3.40. The van der Waals surface area contributed by atoms with Crippen LogP contribution in [0.3, 0.4) is 0 Å². The summed E-state index contributed by atoms with van der Waals surface area (Å²) in [6.45, 7) is 2.12. The first-order valence-electron chi connectivity index (χ1n) is 9.92. The van der Waals surface area contributed by atoms with E-state index in [1.54, 1.807) is 49.7 Å². The Hall–Kier alpha value is -3.00. The fourth-order valence-corrected chi connectivity index (χ4v) is 4.98. The van der Waals surface area contributed by atoms with Gasteiger partial charge in [0.25, 0.3) is 11.8 Å². The lowest BCUT2D eigenvalue weighted by Crippen LogP contribution is -2.22. The van der Waals surface area contributed by atoms with Gasteiger partial charge in [0.15, 0.2) is 6.61 Å². The van der Waals surface area contributed by atoms with Crippen LogP contribution in [-0.4, -0.2) is 47.4 Å². The number of ether oxygens (including phenoxy) is 1. The Labute approximate surface area is 179 Å². The van der Waals surface area contributed by atoms with Gasteiger partial charge >= 0.3 is 0 Å². The lowest BCUT2D eigenvalue weighted by atomic mass is 9.89. The van der Waals surface area contributed by atoms with Crippen molar-refractivity contribution in [2.75, 3.05) is 26.0 Å². The molecule has 2 heterocycles. The number of hydrogen-bond donors (Lipinski definition) is 1. The number of fused-ring (bicyclic) bond motifs is 3. The van der Waals surface area contributed by atoms with Crippen LogP contribution in [0.2, 0.25) is 0 Å². The molecule has 0 saturated carbocycles. The first-order chi connectivity index (χ1) is 14.4. The molecule has 4 rings (SSSR count). The van der Waals surface area contributed by atoms with Gasteiger partial charge in [0, 0.05) is 30.2 Å². The van der Waals surface area contributed by atoms with Gasteiger partial charge in [-0.05, 0) is 55.0 Å². The second-order valence-electron chi connectivity index (χ2n) is 7.82. The van der Waals surface area contributed by atoms with Crippen LogP contribution in [0.15, 0.2) is 30.6 Å². The zero-order valence-electron chi connectivity index (χ0n) is 17.3. The van der Waals surface area contributed by atoms with E-state index in [0.717, 1.165) is 29.5 Å². The summed E-state index contributed by atoms with van der Waals surface area (Å²) < 4.78 is 5.78. The van der Waals surface area contributed by atoms with Crippen molar-refractivity contribution in [1.82, 2.24) is 14.9 Å². The maximum atomic E-state index is 12.4. The molecule has 1 aliphatic rings. The van der Waals surface area contributed by atoms with Gasteiger partial charge in [-0.3, -0.25) is 9.59 Å². The average Bonchev–Trinajstić information content (AvgIpc) is 3.10. The zero-order valence-corrected chi connectivity index (χ0v) is 18.1. The molecule has 1 aliphatic carbocycles. The highest BCUT2D eigenvalue weighted by molar-refractivity contribution is 7.18. The number of hydrogen-bond acceptors (Lipinski definition) is 6. The highest BCUT2D eigenvalue weighted by atomic mass is 32.1. The molecule has 30 heavy (non-hydrogen) atoms. The van der Waals surface area contributed by atoms with E-state index in [1.165, 1.54) is 21.7 Å². The number of carbonyl (C=O) groups is 2. The number of carbonyl (C=O) groups excluding carboxylic acids is 2. The van der Waals surface area contributed by atoms with E-state index in [4.69, 9.17) is 4.74 Å². The molecule has 0 aliphatic heterocycles. The molecule has 7 nitrogen and oxygen atoms in total. The largest absolute Gasteiger partial charge is 0.467 e. The van der Waals surface area contributed by atoms with E-state index >= 15 is 0 Å². The molecule has 1 atom stereocenters. The summed E-state index contributed by atoms with van der Waals surface area (Å²) in [5, 5.41) is 3.74. The van der Waals surface area contributed by atoms with Crippen LogP contribution in [0.25, 0.3) is 10.2 Å². The fourth-order valence-electron chi connectivity index (χ4n) is 3.64. The molecule has 0 bridgehead atoms. The Balaban J connectivity index is 1.43. The van der Waals surface area contributed by atoms with Crippen LogP contribution in [0.5, 0.6) is 5.88 Å². The molecule has 1 N–H and O–H groups in total. The Morgan fingerprint density at radius 1 is 1.23 bits per heavy atom. The third-order valence-corrected chi connectivity index (χ3v) is 6.38. The normalized spacial score (nSPS) is 15.5. The molecule has 0 unspecified atom stereocenters. The topological polar surface area (TPSA) is 84.4 Å². The molecular formula is C22H24N4O3S. The minimum Gasteiger partial charge on any atom is -0.467 e. The predicted octanol–water partition coefficient (Wildman–Crippen LogP) is 3.54. The van der Waals surface area contributed by atoms with Gasteiger partial charge in [0.1, 0.15) is 11.2 Å². The second kappa shape index (κ2) is 8.39. The summed E-state index contributed by atoms with van der Waals surface area (Å²) >= 11 is 1.70. The molecule has 1 aromatic carbocycles. The molecule has 0 saturated heterocycles. The quantitative estimate of drug-likeness (QED) is 0.677. The van der Waals surface area contributed by atoms with Gasteiger partial charge in [-0.1, -0.05) is 6.92 Å². The second-order valence-corrected chi connectivity index (χ2v) is 8.91. The van der Waals surface area contributed by atoms with Crippen molar-refractivity contribution in [2.24, 2.45) is 5.92 Å². The molecule has 2 aromatic heterocycles. The van der Waals surface area contributed by atoms with Crippen molar-refractivity contribution < 1.29 is 14.3 Å². The number of nitrogens with zero attached hydrogens (tertiary/aromatic N) is 3. The highest BCUT2D eigenvalue weighted by Gasteiger charge is 2.24. The summed E-state index contributed by atoms with van der Waals surface area (Å²) in [5.74, 6) is 0.769. The van der Waals surface area contributed by atoms with Gasteiger partial charge in [0.05, 0.1) is 5.39 Å². The monoisotopic (exact) mass is 424 g/mol. The van der Waals surface area contributed by atoms with E-state index in [-0.39, 0.29) is 18.4 Å². The van der Waals surface area contributed by atoms with Crippen LogP contribution in [0, 0.1) is 5.92 Å². The molecule has 3 aromatic rings. The Morgan fingerprint density at radius 3 is 2.73 bits per heavy atom. The van der Waals surface area contributed by atoms with E-state index < -0.39 is 0 Å². The van der Waals surface area contributed by atoms with Crippen LogP contribution in [0.4, 0.5) is 5.69 Å². The number of anilines is 1. The van der Waals surface area contributed by atoms with Gasteiger partial charge < -0.3 is 15.0 Å². The average molecular weight is 425 g/mol. The third kappa shape index (κ3) is 4.14. The number of nitrogens with one attached hydrogen (secondary N) is 1. The molecule has 0 spiro atoms. The summed E-state index contributed by atoms with van der Waals surface area (Å²) in [6, 6.07) is 6.78. The number of rotatable bonds is 5. The highest BCUT2D eigenvalue weighted by Crippen LogP contribution is 2.40. The lowest BCUT2D eigenvalue weighted by molar-refractivity contribution is -0.118. The number of amides is 2. The van der Waals surface area contributed by atoms with Crippen molar-refractivity contribution in [1.29, 1.82) is 0 Å². The molecule has 0 fully saturated rings. The van der Waals surface area contributed by atoms with Gasteiger partial charge in [0.2, 0.25) is 5.88 Å². The van der Waals surface area contributed by atoms with Crippen LogP contribution >= 0.6 is 11.3 Å². The fraction of sp³-hybridized carbons (Fsp3) is 0.364. The molecule has 156 valence electrons. The van der Waals surface area contributed by atoms with Crippen molar-refractivity contribution in [3.05, 3.63) is 46.6 Å².